The normalized spacial score (nSPS) is 21.8. The van der Waals surface area contributed by atoms with E-state index in [1.807, 2.05) is 18.2 Å². The lowest BCUT2D eigenvalue weighted by atomic mass is 9.73. The van der Waals surface area contributed by atoms with Gasteiger partial charge in [-0.3, -0.25) is 4.79 Å². The van der Waals surface area contributed by atoms with Crippen LogP contribution in [0.2, 0.25) is 0 Å². The summed E-state index contributed by atoms with van der Waals surface area (Å²) in [6.45, 7) is 3.97. The molecule has 1 aromatic carbocycles. The van der Waals surface area contributed by atoms with Crippen LogP contribution < -0.4 is 4.90 Å². The van der Waals surface area contributed by atoms with Crippen LogP contribution in [0.3, 0.4) is 0 Å². The molecular weight excluding hydrogens is 234 g/mol. The lowest BCUT2D eigenvalue weighted by Crippen LogP contribution is -2.56. The fourth-order valence-corrected chi connectivity index (χ4v) is 3.78. The van der Waals surface area contributed by atoms with Crippen LogP contribution in [0.1, 0.15) is 55.8 Å². The molecule has 0 radical (unpaired) electrons. The van der Waals surface area contributed by atoms with Gasteiger partial charge in [0.05, 0.1) is 0 Å². The highest BCUT2D eigenvalue weighted by molar-refractivity contribution is 5.99. The summed E-state index contributed by atoms with van der Waals surface area (Å²) in [5.41, 5.74) is 2.58. The first-order valence-corrected chi connectivity index (χ1v) is 7.55. The van der Waals surface area contributed by atoms with Crippen molar-refractivity contribution in [1.82, 2.24) is 0 Å². The molecule has 0 aromatic heterocycles. The van der Waals surface area contributed by atoms with Crippen LogP contribution in [0, 0.1) is 5.41 Å². The lowest BCUT2D eigenvalue weighted by Gasteiger charge is -2.52. The number of rotatable bonds is 2. The van der Waals surface area contributed by atoms with Gasteiger partial charge in [-0.05, 0) is 31.9 Å². The zero-order chi connectivity index (χ0) is 13.3. The van der Waals surface area contributed by atoms with E-state index >= 15 is 0 Å². The number of nitrogens with zero attached hydrogens (tertiary/aromatic N) is 1. The Hall–Kier alpha value is -1.31. The number of benzene rings is 1. The Morgan fingerprint density at radius 1 is 1.05 bits per heavy atom. The zero-order valence-electron chi connectivity index (χ0n) is 11.8. The summed E-state index contributed by atoms with van der Waals surface area (Å²) < 4.78 is 0. The third-order valence-electron chi connectivity index (χ3n) is 4.84. The first-order valence-electron chi connectivity index (χ1n) is 7.55. The van der Waals surface area contributed by atoms with Crippen molar-refractivity contribution in [2.24, 2.45) is 5.41 Å². The van der Waals surface area contributed by atoms with Crippen LogP contribution in [0.4, 0.5) is 5.69 Å². The molecule has 1 aromatic rings. The van der Waals surface area contributed by atoms with Crippen LogP contribution in [0.5, 0.6) is 0 Å². The van der Waals surface area contributed by atoms with Crippen molar-refractivity contribution >= 4 is 11.5 Å². The lowest BCUT2D eigenvalue weighted by molar-refractivity contribution is 0.101. The molecule has 0 bridgehead atoms. The summed E-state index contributed by atoms with van der Waals surface area (Å²) in [5.74, 6) is 0.178. The minimum absolute atomic E-state index is 0.178. The summed E-state index contributed by atoms with van der Waals surface area (Å²) in [4.78, 5) is 14.1. The van der Waals surface area contributed by atoms with Gasteiger partial charge in [0.15, 0.2) is 5.78 Å². The van der Waals surface area contributed by atoms with Crippen LogP contribution >= 0.6 is 0 Å². The number of para-hydroxylation sites is 1. The number of carbonyl (C=O) groups is 1. The molecule has 0 amide bonds. The molecule has 19 heavy (non-hydrogen) atoms. The van der Waals surface area contributed by atoms with E-state index in [4.69, 9.17) is 0 Å². The second-order valence-electron chi connectivity index (χ2n) is 6.34. The molecule has 0 N–H and O–H groups in total. The Morgan fingerprint density at radius 3 is 2.32 bits per heavy atom. The van der Waals surface area contributed by atoms with Crippen LogP contribution in [0.15, 0.2) is 24.3 Å². The molecule has 1 aliphatic carbocycles. The molecule has 0 atom stereocenters. The van der Waals surface area contributed by atoms with Crippen LogP contribution in [-0.4, -0.2) is 18.9 Å². The summed E-state index contributed by atoms with van der Waals surface area (Å²) in [6.07, 6.45) is 8.36. The second kappa shape index (κ2) is 4.99. The van der Waals surface area contributed by atoms with Crippen molar-refractivity contribution < 1.29 is 4.79 Å². The first kappa shape index (κ1) is 12.7. The average Bonchev–Trinajstić information content (AvgIpc) is 2.62. The van der Waals surface area contributed by atoms with Gasteiger partial charge in [0, 0.05) is 29.8 Å². The van der Waals surface area contributed by atoms with Crippen LogP contribution in [0.25, 0.3) is 0 Å². The Labute approximate surface area is 115 Å². The maximum absolute atomic E-state index is 11.7. The van der Waals surface area contributed by atoms with Gasteiger partial charge >= 0.3 is 0 Å². The Morgan fingerprint density at radius 2 is 1.68 bits per heavy atom. The Balaban J connectivity index is 1.75. The highest BCUT2D eigenvalue weighted by Gasteiger charge is 2.43. The van der Waals surface area contributed by atoms with E-state index in [1.54, 1.807) is 6.92 Å². The van der Waals surface area contributed by atoms with E-state index in [0.29, 0.717) is 5.41 Å². The first-order chi connectivity index (χ1) is 9.20. The van der Waals surface area contributed by atoms with E-state index in [-0.39, 0.29) is 5.78 Å². The predicted octanol–water partition coefficient (Wildman–Crippen LogP) is 4.05. The van der Waals surface area contributed by atoms with Crippen molar-refractivity contribution in [3.8, 4) is 0 Å². The van der Waals surface area contributed by atoms with Crippen molar-refractivity contribution in [3.63, 3.8) is 0 Å². The molecule has 2 fully saturated rings. The summed E-state index contributed by atoms with van der Waals surface area (Å²) in [7, 11) is 0. The quantitative estimate of drug-likeness (QED) is 0.745. The molecule has 2 heteroatoms. The molecule has 1 spiro atoms. The number of hydrogen-bond acceptors (Lipinski definition) is 2. The molecular formula is C17H23NO. The van der Waals surface area contributed by atoms with Crippen LogP contribution in [-0.2, 0) is 0 Å². The molecule has 1 heterocycles. The monoisotopic (exact) mass is 257 g/mol. The number of Topliss-reactive ketones (excluding diaryl/α,β-unsaturated/α-hetero) is 1. The molecule has 0 unspecified atom stereocenters. The third kappa shape index (κ3) is 2.41. The van der Waals surface area contributed by atoms with Gasteiger partial charge in [0.25, 0.3) is 0 Å². The maximum Gasteiger partial charge on any atom is 0.161 e. The van der Waals surface area contributed by atoms with Gasteiger partial charge in [-0.15, -0.1) is 0 Å². The van der Waals surface area contributed by atoms with E-state index in [1.165, 1.54) is 38.5 Å². The topological polar surface area (TPSA) is 20.3 Å². The van der Waals surface area contributed by atoms with Crippen molar-refractivity contribution in [2.45, 2.75) is 45.4 Å². The van der Waals surface area contributed by atoms with Gasteiger partial charge in [-0.25, -0.2) is 0 Å². The van der Waals surface area contributed by atoms with Crippen molar-refractivity contribution in [1.29, 1.82) is 0 Å². The number of carbonyl (C=O) groups excluding carboxylic acids is 1. The molecule has 2 nitrogen and oxygen atoms in total. The van der Waals surface area contributed by atoms with E-state index in [2.05, 4.69) is 11.0 Å². The maximum atomic E-state index is 11.7. The SMILES string of the molecule is CC(=O)c1ccccc1N1CC2(CCCCCC2)C1. The standard InChI is InChI=1S/C17H23NO/c1-14(19)15-8-4-5-9-16(15)18-12-17(13-18)10-6-2-3-7-11-17/h4-5,8-9H,2-3,6-7,10-13H2,1H3. The molecule has 1 saturated carbocycles. The average molecular weight is 257 g/mol. The van der Waals surface area contributed by atoms with Gasteiger partial charge in [0.2, 0.25) is 0 Å². The minimum atomic E-state index is 0.178. The Bertz CT molecular complexity index is 464. The third-order valence-corrected chi connectivity index (χ3v) is 4.84. The second-order valence-corrected chi connectivity index (χ2v) is 6.34. The summed E-state index contributed by atoms with van der Waals surface area (Å²) >= 11 is 0. The van der Waals surface area contributed by atoms with Crippen molar-refractivity contribution in [2.75, 3.05) is 18.0 Å². The predicted molar refractivity (Wildman–Crippen MR) is 78.8 cm³/mol. The van der Waals surface area contributed by atoms with E-state index in [0.717, 1.165) is 24.3 Å². The van der Waals surface area contributed by atoms with E-state index in [9.17, 15) is 4.79 Å². The van der Waals surface area contributed by atoms with Gasteiger partial charge in [-0.1, -0.05) is 37.8 Å². The molecule has 1 aliphatic heterocycles. The highest BCUT2D eigenvalue weighted by Crippen LogP contribution is 2.45. The van der Waals surface area contributed by atoms with Gasteiger partial charge in [-0.2, -0.15) is 0 Å². The highest BCUT2D eigenvalue weighted by atomic mass is 16.1. The number of hydrogen-bond donors (Lipinski definition) is 0. The largest absolute Gasteiger partial charge is 0.370 e. The van der Waals surface area contributed by atoms with E-state index < -0.39 is 0 Å². The van der Waals surface area contributed by atoms with Crippen molar-refractivity contribution in [3.05, 3.63) is 29.8 Å². The fourth-order valence-electron chi connectivity index (χ4n) is 3.78. The molecule has 2 aliphatic rings. The molecule has 102 valence electrons. The molecule has 3 rings (SSSR count). The summed E-state index contributed by atoms with van der Waals surface area (Å²) in [6, 6.07) is 8.05. The molecule has 1 saturated heterocycles. The number of ketones is 1. The minimum Gasteiger partial charge on any atom is -0.370 e. The summed E-state index contributed by atoms with van der Waals surface area (Å²) in [5, 5.41) is 0. The smallest absolute Gasteiger partial charge is 0.161 e. The zero-order valence-corrected chi connectivity index (χ0v) is 11.8. The Kier molecular flexibility index (Phi) is 3.34. The fraction of sp³-hybridized carbons (Fsp3) is 0.588. The number of anilines is 1. The van der Waals surface area contributed by atoms with Gasteiger partial charge in [0.1, 0.15) is 0 Å². The van der Waals surface area contributed by atoms with Gasteiger partial charge < -0.3 is 4.90 Å².